The summed E-state index contributed by atoms with van der Waals surface area (Å²) in [5.74, 6) is -2.53. The third kappa shape index (κ3) is 5.18. The Morgan fingerprint density at radius 1 is 1.17 bits per heavy atom. The van der Waals surface area contributed by atoms with Crippen LogP contribution in [0.4, 0.5) is 10.3 Å². The zero-order valence-corrected chi connectivity index (χ0v) is 17.1. The van der Waals surface area contributed by atoms with Crippen LogP contribution in [0.25, 0.3) is 0 Å². The first-order valence-electron chi connectivity index (χ1n) is 8.28. The smallest absolute Gasteiger partial charge is 0.304 e. The molecule has 1 amide bonds. The minimum atomic E-state index is -4.31. The van der Waals surface area contributed by atoms with Crippen LogP contribution in [0.5, 0.6) is 11.8 Å². The maximum atomic E-state index is 13.8. The van der Waals surface area contributed by atoms with E-state index in [1.165, 1.54) is 32.4 Å². The molecule has 0 bridgehead atoms. The number of nitrogens with zero attached hydrogens (tertiary/aromatic N) is 3. The fourth-order valence-electron chi connectivity index (χ4n) is 2.43. The number of carbonyl (C=O) groups excluding carboxylic acids is 2. The highest BCUT2D eigenvalue weighted by molar-refractivity contribution is 7.89. The first-order chi connectivity index (χ1) is 14.1. The van der Waals surface area contributed by atoms with Gasteiger partial charge in [0.25, 0.3) is 5.91 Å². The average Bonchev–Trinajstić information content (AvgIpc) is 2.71. The Balaban J connectivity index is 2.72. The highest BCUT2D eigenvalue weighted by Crippen LogP contribution is 2.26. The number of amides is 1. The summed E-state index contributed by atoms with van der Waals surface area (Å²) in [7, 11) is -1.75. The SMILES string of the molecule is COc1cc(OC)nc(N(C(=O)c2ccccc2S(N)(=O)=O)C(CF)OC(C)=O)n1. The first-order valence-corrected chi connectivity index (χ1v) is 9.82. The zero-order valence-electron chi connectivity index (χ0n) is 16.2. The minimum absolute atomic E-state index is 0.0465. The van der Waals surface area contributed by atoms with Crippen LogP contribution in [0.1, 0.15) is 17.3 Å². The number of esters is 1. The number of hydrogen-bond acceptors (Lipinski definition) is 9. The first kappa shape index (κ1) is 23.0. The van der Waals surface area contributed by atoms with Gasteiger partial charge in [0.1, 0.15) is 6.67 Å². The van der Waals surface area contributed by atoms with Crippen LogP contribution in [0.2, 0.25) is 0 Å². The van der Waals surface area contributed by atoms with Crippen molar-refractivity contribution in [3.63, 3.8) is 0 Å². The number of sulfonamides is 1. The number of aromatic nitrogens is 2. The molecule has 2 N–H and O–H groups in total. The Morgan fingerprint density at radius 3 is 2.20 bits per heavy atom. The summed E-state index contributed by atoms with van der Waals surface area (Å²) in [5, 5.41) is 5.19. The number of rotatable bonds is 8. The molecular formula is C17H19FN4O7S. The number of nitrogens with two attached hydrogens (primary N) is 1. The summed E-state index contributed by atoms with van der Waals surface area (Å²) >= 11 is 0. The van der Waals surface area contributed by atoms with Gasteiger partial charge in [-0.15, -0.1) is 0 Å². The summed E-state index contributed by atoms with van der Waals surface area (Å²) in [6.07, 6.45) is -1.81. The molecule has 1 aromatic carbocycles. The molecule has 162 valence electrons. The second kappa shape index (κ2) is 9.45. The van der Waals surface area contributed by atoms with E-state index in [0.29, 0.717) is 4.90 Å². The molecule has 0 spiro atoms. The largest absolute Gasteiger partial charge is 0.481 e. The minimum Gasteiger partial charge on any atom is -0.481 e. The standard InChI is InChI=1S/C17H19FN4O7S/c1-10(23)29-15(9-18)22(17-20-13(27-2)8-14(21-17)28-3)16(24)11-6-4-5-7-12(11)30(19,25)26/h4-8,15H,9H2,1-3H3,(H2,19,25,26). The van der Waals surface area contributed by atoms with Gasteiger partial charge in [-0.2, -0.15) is 9.97 Å². The topological polar surface area (TPSA) is 151 Å². The summed E-state index contributed by atoms with van der Waals surface area (Å²) in [5.41, 5.74) is -0.406. The van der Waals surface area contributed by atoms with Gasteiger partial charge in [0, 0.05) is 6.92 Å². The van der Waals surface area contributed by atoms with Crippen LogP contribution in [-0.2, 0) is 19.6 Å². The third-order valence-corrected chi connectivity index (χ3v) is 4.63. The van der Waals surface area contributed by atoms with Gasteiger partial charge in [-0.25, -0.2) is 22.8 Å². The van der Waals surface area contributed by atoms with Crippen molar-refractivity contribution >= 4 is 27.8 Å². The van der Waals surface area contributed by atoms with Gasteiger partial charge in [0.2, 0.25) is 34.0 Å². The second-order valence-electron chi connectivity index (χ2n) is 5.69. The normalized spacial score (nSPS) is 12.0. The fourth-order valence-corrected chi connectivity index (χ4v) is 3.16. The Hall–Kier alpha value is -3.32. The van der Waals surface area contributed by atoms with Crippen LogP contribution in [0.3, 0.4) is 0 Å². The van der Waals surface area contributed by atoms with E-state index in [1.54, 1.807) is 0 Å². The number of anilines is 1. The molecule has 2 rings (SSSR count). The predicted molar refractivity (Wildman–Crippen MR) is 101 cm³/mol. The Bertz CT molecular complexity index is 1030. The van der Waals surface area contributed by atoms with Crippen molar-refractivity contribution in [2.45, 2.75) is 18.0 Å². The number of carbonyl (C=O) groups is 2. The van der Waals surface area contributed by atoms with Crippen LogP contribution < -0.4 is 19.5 Å². The highest BCUT2D eigenvalue weighted by Gasteiger charge is 2.34. The van der Waals surface area contributed by atoms with E-state index < -0.39 is 51.2 Å². The van der Waals surface area contributed by atoms with Crippen LogP contribution in [-0.4, -0.2) is 57.4 Å². The average molecular weight is 442 g/mol. The summed E-state index contributed by atoms with van der Waals surface area (Å²) in [6.45, 7) is -0.331. The molecule has 0 aliphatic rings. The van der Waals surface area contributed by atoms with Gasteiger partial charge in [-0.05, 0) is 12.1 Å². The lowest BCUT2D eigenvalue weighted by Crippen LogP contribution is -2.46. The lowest BCUT2D eigenvalue weighted by atomic mass is 10.2. The highest BCUT2D eigenvalue weighted by atomic mass is 32.2. The van der Waals surface area contributed by atoms with Gasteiger partial charge in [-0.1, -0.05) is 12.1 Å². The Kier molecular flexibility index (Phi) is 7.24. The molecule has 13 heteroatoms. The summed E-state index contributed by atoms with van der Waals surface area (Å²) in [6, 6.07) is 6.29. The van der Waals surface area contributed by atoms with Gasteiger partial charge in [0.15, 0.2) is 0 Å². The summed E-state index contributed by atoms with van der Waals surface area (Å²) in [4.78, 5) is 32.7. The van der Waals surface area contributed by atoms with E-state index in [2.05, 4.69) is 9.97 Å². The monoisotopic (exact) mass is 442 g/mol. The second-order valence-corrected chi connectivity index (χ2v) is 7.22. The van der Waals surface area contributed by atoms with E-state index >= 15 is 0 Å². The molecule has 11 nitrogen and oxygen atoms in total. The molecule has 1 atom stereocenters. The van der Waals surface area contributed by atoms with Crippen LogP contribution >= 0.6 is 0 Å². The van der Waals surface area contributed by atoms with E-state index in [1.807, 2.05) is 0 Å². The molecule has 2 aromatic rings. The van der Waals surface area contributed by atoms with Gasteiger partial charge < -0.3 is 14.2 Å². The fraction of sp³-hybridized carbons (Fsp3) is 0.294. The van der Waals surface area contributed by atoms with E-state index in [-0.39, 0.29) is 11.8 Å². The maximum Gasteiger partial charge on any atom is 0.304 e. The zero-order chi connectivity index (χ0) is 22.5. The van der Waals surface area contributed by atoms with Gasteiger partial charge >= 0.3 is 5.97 Å². The maximum absolute atomic E-state index is 13.8. The van der Waals surface area contributed by atoms with Crippen molar-refractivity contribution in [3.05, 3.63) is 35.9 Å². The van der Waals surface area contributed by atoms with E-state index in [0.717, 1.165) is 19.1 Å². The number of benzene rings is 1. The van der Waals surface area contributed by atoms with Crippen LogP contribution in [0.15, 0.2) is 35.2 Å². The number of hydrogen-bond donors (Lipinski definition) is 1. The molecule has 0 saturated carbocycles. The number of alkyl halides is 1. The lowest BCUT2D eigenvalue weighted by Gasteiger charge is -2.28. The predicted octanol–water partition coefficient (Wildman–Crippen LogP) is 0.647. The number of ether oxygens (including phenoxy) is 3. The molecule has 0 aliphatic heterocycles. The number of halogens is 1. The van der Waals surface area contributed by atoms with Crippen molar-refractivity contribution in [1.82, 2.24) is 9.97 Å². The molecule has 0 fully saturated rings. The van der Waals surface area contributed by atoms with Crippen molar-refractivity contribution in [2.75, 3.05) is 25.8 Å². The molecule has 1 unspecified atom stereocenters. The summed E-state index contributed by atoms with van der Waals surface area (Å²) < 4.78 is 52.5. The van der Waals surface area contributed by atoms with Crippen molar-refractivity contribution in [1.29, 1.82) is 0 Å². The molecule has 0 saturated heterocycles. The number of methoxy groups -OCH3 is 2. The quantitative estimate of drug-likeness (QED) is 0.459. The van der Waals surface area contributed by atoms with Gasteiger partial charge in [-0.3, -0.25) is 9.59 Å². The van der Waals surface area contributed by atoms with Crippen LogP contribution in [0, 0.1) is 0 Å². The lowest BCUT2D eigenvalue weighted by molar-refractivity contribution is -0.146. The molecule has 1 heterocycles. The van der Waals surface area contributed by atoms with Crippen molar-refractivity contribution in [2.24, 2.45) is 5.14 Å². The number of primary sulfonamides is 1. The van der Waals surface area contributed by atoms with Crippen molar-refractivity contribution < 1.29 is 36.6 Å². The third-order valence-electron chi connectivity index (χ3n) is 3.67. The molecule has 30 heavy (non-hydrogen) atoms. The van der Waals surface area contributed by atoms with Crippen molar-refractivity contribution in [3.8, 4) is 11.8 Å². The van der Waals surface area contributed by atoms with E-state index in [4.69, 9.17) is 19.3 Å². The molecule has 0 radical (unpaired) electrons. The Labute approximate surface area is 171 Å². The molecular weight excluding hydrogens is 423 g/mol. The van der Waals surface area contributed by atoms with E-state index in [9.17, 15) is 22.4 Å². The Morgan fingerprint density at radius 2 is 1.73 bits per heavy atom. The molecule has 1 aromatic heterocycles. The molecule has 0 aliphatic carbocycles. The van der Waals surface area contributed by atoms with Gasteiger partial charge in [0.05, 0.1) is 30.7 Å².